The van der Waals surface area contributed by atoms with Gasteiger partial charge in [0.2, 0.25) is 0 Å². The molecule has 114 valence electrons. The van der Waals surface area contributed by atoms with E-state index in [2.05, 4.69) is 43.1 Å². The van der Waals surface area contributed by atoms with Crippen molar-refractivity contribution in [3.8, 4) is 5.75 Å². The number of benzene rings is 1. The molecule has 0 saturated heterocycles. The maximum Gasteiger partial charge on any atom is 0.123 e. The number of hydrogen-bond donors (Lipinski definition) is 1. The lowest BCUT2D eigenvalue weighted by Crippen LogP contribution is -2.34. The molecular formula is C17H30N2O. The molecule has 3 nitrogen and oxygen atoms in total. The molecule has 0 aromatic heterocycles. The fourth-order valence-electron chi connectivity index (χ4n) is 2.57. The monoisotopic (exact) mass is 278 g/mol. The highest BCUT2D eigenvalue weighted by Gasteiger charge is 2.13. The fraction of sp³-hybridized carbons (Fsp3) is 0.647. The topological polar surface area (TPSA) is 24.5 Å². The summed E-state index contributed by atoms with van der Waals surface area (Å²) in [6.07, 6.45) is 2.29. The van der Waals surface area contributed by atoms with E-state index in [-0.39, 0.29) is 0 Å². The average molecular weight is 278 g/mol. The maximum absolute atomic E-state index is 5.46. The van der Waals surface area contributed by atoms with Gasteiger partial charge in [0.1, 0.15) is 5.75 Å². The summed E-state index contributed by atoms with van der Waals surface area (Å²) in [5, 5.41) is 3.66. The lowest BCUT2D eigenvalue weighted by atomic mass is 10.0. The van der Waals surface area contributed by atoms with Crippen molar-refractivity contribution in [1.82, 2.24) is 10.2 Å². The number of nitrogens with zero attached hydrogens (tertiary/aromatic N) is 1. The van der Waals surface area contributed by atoms with E-state index >= 15 is 0 Å². The lowest BCUT2D eigenvalue weighted by Gasteiger charge is -2.23. The number of methoxy groups -OCH3 is 1. The molecular weight excluding hydrogens is 248 g/mol. The Hall–Kier alpha value is -1.06. The normalized spacial score (nSPS) is 12.7. The van der Waals surface area contributed by atoms with Gasteiger partial charge in [-0.2, -0.15) is 0 Å². The van der Waals surface area contributed by atoms with Gasteiger partial charge < -0.3 is 15.0 Å². The summed E-state index contributed by atoms with van der Waals surface area (Å²) < 4.78 is 5.46. The SMILES string of the molecule is CCCN(CC)CCNC(CC)c1ccccc1OC. The average Bonchev–Trinajstić information content (AvgIpc) is 2.50. The van der Waals surface area contributed by atoms with Crippen molar-refractivity contribution in [1.29, 1.82) is 0 Å². The van der Waals surface area contributed by atoms with E-state index in [4.69, 9.17) is 4.74 Å². The summed E-state index contributed by atoms with van der Waals surface area (Å²) in [5.74, 6) is 0.979. The minimum Gasteiger partial charge on any atom is -0.496 e. The van der Waals surface area contributed by atoms with E-state index in [0.29, 0.717) is 6.04 Å². The predicted molar refractivity (Wildman–Crippen MR) is 86.4 cm³/mol. The standard InChI is InChI=1S/C17H30N2O/c1-5-13-19(7-3)14-12-18-16(6-2)15-10-8-9-11-17(15)20-4/h8-11,16,18H,5-7,12-14H2,1-4H3. The molecule has 0 aliphatic rings. The summed E-state index contributed by atoms with van der Waals surface area (Å²) in [7, 11) is 1.74. The summed E-state index contributed by atoms with van der Waals surface area (Å²) in [5.41, 5.74) is 1.26. The van der Waals surface area contributed by atoms with Crippen molar-refractivity contribution >= 4 is 0 Å². The maximum atomic E-state index is 5.46. The quantitative estimate of drug-likeness (QED) is 0.709. The molecule has 1 unspecified atom stereocenters. The van der Waals surface area contributed by atoms with Crippen molar-refractivity contribution in [3.63, 3.8) is 0 Å². The first-order chi connectivity index (χ1) is 9.76. The van der Waals surface area contributed by atoms with Crippen LogP contribution in [0.15, 0.2) is 24.3 Å². The molecule has 1 N–H and O–H groups in total. The van der Waals surface area contributed by atoms with E-state index in [1.807, 2.05) is 12.1 Å². The number of likely N-dealkylation sites (N-methyl/N-ethyl adjacent to an activating group) is 1. The Balaban J connectivity index is 2.54. The van der Waals surface area contributed by atoms with E-state index in [1.165, 1.54) is 18.5 Å². The number of hydrogen-bond acceptors (Lipinski definition) is 3. The van der Waals surface area contributed by atoms with Gasteiger partial charge in [0.15, 0.2) is 0 Å². The number of ether oxygens (including phenoxy) is 1. The highest BCUT2D eigenvalue weighted by molar-refractivity contribution is 5.35. The van der Waals surface area contributed by atoms with Crippen LogP contribution in [-0.4, -0.2) is 38.2 Å². The third-order valence-electron chi connectivity index (χ3n) is 3.73. The molecule has 1 aromatic carbocycles. The molecule has 0 radical (unpaired) electrons. The van der Waals surface area contributed by atoms with Crippen LogP contribution in [0.2, 0.25) is 0 Å². The number of rotatable bonds is 10. The second-order valence-electron chi connectivity index (χ2n) is 5.09. The molecule has 0 aliphatic carbocycles. The minimum atomic E-state index is 0.367. The fourth-order valence-corrected chi connectivity index (χ4v) is 2.57. The van der Waals surface area contributed by atoms with Crippen molar-refractivity contribution in [2.45, 2.75) is 39.7 Å². The highest BCUT2D eigenvalue weighted by atomic mass is 16.5. The Morgan fingerprint density at radius 1 is 1.15 bits per heavy atom. The van der Waals surface area contributed by atoms with Crippen molar-refractivity contribution < 1.29 is 4.74 Å². The van der Waals surface area contributed by atoms with E-state index in [1.54, 1.807) is 7.11 Å². The first kappa shape index (κ1) is 17.0. The van der Waals surface area contributed by atoms with Crippen LogP contribution in [0.1, 0.15) is 45.2 Å². The molecule has 0 bridgehead atoms. The molecule has 1 rings (SSSR count). The first-order valence-corrected chi connectivity index (χ1v) is 7.85. The molecule has 0 spiro atoms. The molecule has 0 amide bonds. The molecule has 1 aromatic rings. The van der Waals surface area contributed by atoms with Crippen molar-refractivity contribution in [2.75, 3.05) is 33.3 Å². The summed E-state index contributed by atoms with van der Waals surface area (Å²) in [6, 6.07) is 8.66. The third-order valence-corrected chi connectivity index (χ3v) is 3.73. The number of nitrogens with one attached hydrogen (secondary N) is 1. The molecule has 0 heterocycles. The van der Waals surface area contributed by atoms with Crippen LogP contribution in [0.3, 0.4) is 0 Å². The van der Waals surface area contributed by atoms with Gasteiger partial charge in [-0.3, -0.25) is 0 Å². The highest BCUT2D eigenvalue weighted by Crippen LogP contribution is 2.26. The van der Waals surface area contributed by atoms with Crippen LogP contribution >= 0.6 is 0 Å². The van der Waals surface area contributed by atoms with Crippen LogP contribution in [0.25, 0.3) is 0 Å². The van der Waals surface area contributed by atoms with Gasteiger partial charge in [-0.25, -0.2) is 0 Å². The van der Waals surface area contributed by atoms with Crippen molar-refractivity contribution in [3.05, 3.63) is 29.8 Å². The lowest BCUT2D eigenvalue weighted by molar-refractivity contribution is 0.281. The third kappa shape index (κ3) is 5.14. The Morgan fingerprint density at radius 2 is 1.90 bits per heavy atom. The van der Waals surface area contributed by atoms with Crippen LogP contribution in [0, 0.1) is 0 Å². The molecule has 20 heavy (non-hydrogen) atoms. The van der Waals surface area contributed by atoms with Gasteiger partial charge in [0, 0.05) is 24.7 Å². The molecule has 0 fully saturated rings. The first-order valence-electron chi connectivity index (χ1n) is 7.85. The zero-order valence-electron chi connectivity index (χ0n) is 13.5. The zero-order valence-corrected chi connectivity index (χ0v) is 13.5. The van der Waals surface area contributed by atoms with Crippen LogP contribution in [0.4, 0.5) is 0 Å². The predicted octanol–water partition coefficient (Wildman–Crippen LogP) is 3.47. The van der Waals surface area contributed by atoms with Gasteiger partial charge in [0.25, 0.3) is 0 Å². The Morgan fingerprint density at radius 3 is 2.50 bits per heavy atom. The van der Waals surface area contributed by atoms with Crippen LogP contribution < -0.4 is 10.1 Å². The van der Waals surface area contributed by atoms with Crippen molar-refractivity contribution in [2.24, 2.45) is 0 Å². The summed E-state index contributed by atoms with van der Waals surface area (Å²) in [4.78, 5) is 2.49. The Kier molecular flexibility index (Phi) is 8.31. The molecule has 0 aliphatic heterocycles. The van der Waals surface area contributed by atoms with Crippen LogP contribution in [0.5, 0.6) is 5.75 Å². The van der Waals surface area contributed by atoms with E-state index < -0.39 is 0 Å². The van der Waals surface area contributed by atoms with Gasteiger partial charge in [-0.1, -0.05) is 39.0 Å². The zero-order chi connectivity index (χ0) is 14.8. The van der Waals surface area contributed by atoms with Gasteiger partial charge in [-0.15, -0.1) is 0 Å². The molecule has 0 saturated carbocycles. The van der Waals surface area contributed by atoms with Gasteiger partial charge in [0.05, 0.1) is 7.11 Å². The Labute approximate surface area is 124 Å². The molecule has 3 heteroatoms. The van der Waals surface area contributed by atoms with Gasteiger partial charge >= 0.3 is 0 Å². The smallest absolute Gasteiger partial charge is 0.123 e. The second kappa shape index (κ2) is 9.78. The van der Waals surface area contributed by atoms with Crippen LogP contribution in [-0.2, 0) is 0 Å². The Bertz CT molecular complexity index is 368. The molecule has 1 atom stereocenters. The largest absolute Gasteiger partial charge is 0.496 e. The van der Waals surface area contributed by atoms with Gasteiger partial charge in [-0.05, 0) is 32.0 Å². The van der Waals surface area contributed by atoms with E-state index in [0.717, 1.165) is 31.8 Å². The van der Waals surface area contributed by atoms with E-state index in [9.17, 15) is 0 Å². The summed E-state index contributed by atoms with van der Waals surface area (Å²) >= 11 is 0. The minimum absolute atomic E-state index is 0.367. The second-order valence-corrected chi connectivity index (χ2v) is 5.09. The number of para-hydroxylation sites is 1. The summed E-state index contributed by atoms with van der Waals surface area (Å²) in [6.45, 7) is 11.1.